The van der Waals surface area contributed by atoms with Crippen molar-refractivity contribution in [2.45, 2.75) is 11.4 Å². The van der Waals surface area contributed by atoms with Crippen LogP contribution in [0.1, 0.15) is 11.3 Å². The van der Waals surface area contributed by atoms with Crippen molar-refractivity contribution in [1.29, 1.82) is 0 Å². The van der Waals surface area contributed by atoms with E-state index in [-0.39, 0.29) is 30.3 Å². The summed E-state index contributed by atoms with van der Waals surface area (Å²) in [7, 11) is -2.41. The second-order valence-electron chi connectivity index (χ2n) is 6.72. The van der Waals surface area contributed by atoms with Gasteiger partial charge in [-0.2, -0.15) is 4.31 Å². The fourth-order valence-electron chi connectivity index (χ4n) is 2.92. The standard InChI is InChI=1S/C21H24N2O8S/c1-28-18-6-4-16(13-19(18)32(26,27)23-8-11-29-12-9-23)5-7-21(25)31-15-20(24)22-14-17-3-2-10-30-17/h2-7,10,13H,8-9,11-12,14-15H2,1H3,(H,22,24). The van der Waals surface area contributed by atoms with E-state index in [2.05, 4.69) is 5.32 Å². The summed E-state index contributed by atoms with van der Waals surface area (Å²) >= 11 is 0. The number of morpholine rings is 1. The van der Waals surface area contributed by atoms with Crippen LogP contribution in [0.15, 0.2) is 52.0 Å². The first kappa shape index (κ1) is 23.5. The second kappa shape index (κ2) is 10.9. The van der Waals surface area contributed by atoms with Crippen molar-refractivity contribution in [3.63, 3.8) is 0 Å². The molecular formula is C21H24N2O8S. The lowest BCUT2D eigenvalue weighted by atomic mass is 10.2. The lowest BCUT2D eigenvalue weighted by Gasteiger charge is -2.26. The van der Waals surface area contributed by atoms with Gasteiger partial charge in [0.25, 0.3) is 5.91 Å². The number of benzene rings is 1. The van der Waals surface area contributed by atoms with E-state index in [9.17, 15) is 18.0 Å². The molecule has 2 aromatic rings. The maximum absolute atomic E-state index is 13.0. The van der Waals surface area contributed by atoms with Crippen LogP contribution in [0.3, 0.4) is 0 Å². The highest BCUT2D eigenvalue weighted by molar-refractivity contribution is 7.89. The zero-order valence-electron chi connectivity index (χ0n) is 17.5. The molecule has 1 N–H and O–H groups in total. The van der Waals surface area contributed by atoms with Crippen LogP contribution in [0, 0.1) is 0 Å². The zero-order valence-corrected chi connectivity index (χ0v) is 18.3. The van der Waals surface area contributed by atoms with E-state index >= 15 is 0 Å². The van der Waals surface area contributed by atoms with Crippen LogP contribution in [0.5, 0.6) is 5.75 Å². The molecule has 3 rings (SSSR count). The van der Waals surface area contributed by atoms with Crippen LogP contribution in [0.4, 0.5) is 0 Å². The molecule has 0 spiro atoms. The molecule has 0 aliphatic carbocycles. The van der Waals surface area contributed by atoms with Crippen molar-refractivity contribution in [2.24, 2.45) is 0 Å². The number of nitrogens with one attached hydrogen (secondary N) is 1. The summed E-state index contributed by atoms with van der Waals surface area (Å²) in [5, 5.41) is 2.55. The molecular weight excluding hydrogens is 440 g/mol. The molecule has 1 aliphatic heterocycles. The third-order valence-corrected chi connectivity index (χ3v) is 6.49. The number of sulfonamides is 1. The van der Waals surface area contributed by atoms with Crippen molar-refractivity contribution in [3.05, 3.63) is 54.0 Å². The average Bonchev–Trinajstić information content (AvgIpc) is 3.34. The molecule has 0 atom stereocenters. The van der Waals surface area contributed by atoms with Crippen LogP contribution in [-0.2, 0) is 35.6 Å². The maximum atomic E-state index is 13.0. The Balaban J connectivity index is 1.60. The quantitative estimate of drug-likeness (QED) is 0.433. The van der Waals surface area contributed by atoms with Crippen LogP contribution in [-0.4, -0.2) is 64.6 Å². The minimum atomic E-state index is -3.79. The highest BCUT2D eigenvalue weighted by Gasteiger charge is 2.29. The van der Waals surface area contributed by atoms with E-state index in [0.717, 1.165) is 6.08 Å². The molecule has 172 valence electrons. The number of rotatable bonds is 9. The van der Waals surface area contributed by atoms with E-state index in [4.69, 9.17) is 18.6 Å². The van der Waals surface area contributed by atoms with Gasteiger partial charge in [0, 0.05) is 19.2 Å². The van der Waals surface area contributed by atoms with Crippen LogP contribution in [0.2, 0.25) is 0 Å². The monoisotopic (exact) mass is 464 g/mol. The Labute approximate surface area is 185 Å². The highest BCUT2D eigenvalue weighted by atomic mass is 32.2. The van der Waals surface area contributed by atoms with Gasteiger partial charge < -0.3 is 23.9 Å². The van der Waals surface area contributed by atoms with Crippen molar-refractivity contribution in [1.82, 2.24) is 9.62 Å². The van der Waals surface area contributed by atoms with Gasteiger partial charge in [-0.3, -0.25) is 4.79 Å². The molecule has 2 heterocycles. The van der Waals surface area contributed by atoms with E-state index in [0.29, 0.717) is 24.5 Å². The molecule has 1 fully saturated rings. The van der Waals surface area contributed by atoms with Gasteiger partial charge in [-0.05, 0) is 35.9 Å². The Morgan fingerprint density at radius 2 is 2.00 bits per heavy atom. The Morgan fingerprint density at radius 3 is 2.69 bits per heavy atom. The highest BCUT2D eigenvalue weighted by Crippen LogP contribution is 2.28. The SMILES string of the molecule is COc1ccc(C=CC(=O)OCC(=O)NCc2ccco2)cc1S(=O)(=O)N1CCOCC1. The third kappa shape index (κ3) is 6.19. The summed E-state index contributed by atoms with van der Waals surface area (Å²) in [6.45, 7) is 0.874. The smallest absolute Gasteiger partial charge is 0.331 e. The van der Waals surface area contributed by atoms with Gasteiger partial charge in [-0.25, -0.2) is 13.2 Å². The maximum Gasteiger partial charge on any atom is 0.331 e. The van der Waals surface area contributed by atoms with Gasteiger partial charge in [0.2, 0.25) is 10.0 Å². The Morgan fingerprint density at radius 1 is 1.22 bits per heavy atom. The van der Waals surface area contributed by atoms with Crippen molar-refractivity contribution in [2.75, 3.05) is 40.0 Å². The normalized spacial score (nSPS) is 14.9. The van der Waals surface area contributed by atoms with Gasteiger partial charge >= 0.3 is 5.97 Å². The number of carbonyl (C=O) groups is 2. The predicted octanol–water partition coefficient (Wildman–Crippen LogP) is 1.18. The summed E-state index contributed by atoms with van der Waals surface area (Å²) in [6, 6.07) is 7.95. The Bertz CT molecular complexity index is 1060. The van der Waals surface area contributed by atoms with Gasteiger partial charge in [-0.1, -0.05) is 6.07 Å². The average molecular weight is 464 g/mol. The van der Waals surface area contributed by atoms with Gasteiger partial charge in [-0.15, -0.1) is 0 Å². The van der Waals surface area contributed by atoms with E-state index in [1.54, 1.807) is 18.2 Å². The zero-order chi connectivity index (χ0) is 23.0. The number of hydrogen-bond donors (Lipinski definition) is 1. The van der Waals surface area contributed by atoms with E-state index in [1.807, 2.05) is 0 Å². The largest absolute Gasteiger partial charge is 0.495 e. The molecule has 1 aromatic heterocycles. The number of nitrogens with zero attached hydrogens (tertiary/aromatic N) is 1. The van der Waals surface area contributed by atoms with E-state index < -0.39 is 28.5 Å². The summed E-state index contributed by atoms with van der Waals surface area (Å²) in [4.78, 5) is 23.7. The van der Waals surface area contributed by atoms with Crippen molar-refractivity contribution >= 4 is 28.0 Å². The minimum absolute atomic E-state index is 0.00489. The Kier molecular flexibility index (Phi) is 8.03. The van der Waals surface area contributed by atoms with Crippen LogP contribution < -0.4 is 10.1 Å². The number of methoxy groups -OCH3 is 1. The third-order valence-electron chi connectivity index (χ3n) is 4.57. The molecule has 1 aliphatic rings. The van der Waals surface area contributed by atoms with Crippen LogP contribution in [0.25, 0.3) is 6.08 Å². The molecule has 11 heteroatoms. The summed E-state index contributed by atoms with van der Waals surface area (Å²) in [6.07, 6.45) is 4.01. The number of ether oxygens (including phenoxy) is 3. The number of hydrogen-bond acceptors (Lipinski definition) is 8. The minimum Gasteiger partial charge on any atom is -0.495 e. The number of carbonyl (C=O) groups excluding carboxylic acids is 2. The van der Waals surface area contributed by atoms with Gasteiger partial charge in [0.15, 0.2) is 6.61 Å². The number of esters is 1. The van der Waals surface area contributed by atoms with E-state index in [1.165, 1.54) is 35.9 Å². The van der Waals surface area contributed by atoms with Gasteiger partial charge in [0.1, 0.15) is 16.4 Å². The lowest BCUT2D eigenvalue weighted by Crippen LogP contribution is -2.40. The fourth-order valence-corrected chi connectivity index (χ4v) is 4.52. The molecule has 0 radical (unpaired) electrons. The molecule has 32 heavy (non-hydrogen) atoms. The second-order valence-corrected chi connectivity index (χ2v) is 8.63. The van der Waals surface area contributed by atoms with Gasteiger partial charge in [0.05, 0.1) is 33.1 Å². The molecule has 1 amide bonds. The summed E-state index contributed by atoms with van der Waals surface area (Å²) in [5.41, 5.74) is 0.455. The lowest BCUT2D eigenvalue weighted by molar-refractivity contribution is -0.143. The molecule has 1 saturated heterocycles. The molecule has 1 aromatic carbocycles. The molecule has 0 bridgehead atoms. The fraction of sp³-hybridized carbons (Fsp3) is 0.333. The first-order chi connectivity index (χ1) is 15.4. The topological polar surface area (TPSA) is 124 Å². The molecule has 0 unspecified atom stereocenters. The number of furan rings is 1. The predicted molar refractivity (Wildman–Crippen MR) is 113 cm³/mol. The van der Waals surface area contributed by atoms with Crippen LogP contribution >= 0.6 is 0 Å². The van der Waals surface area contributed by atoms with Crippen molar-refractivity contribution < 1.29 is 36.6 Å². The first-order valence-electron chi connectivity index (χ1n) is 9.80. The number of amides is 1. The summed E-state index contributed by atoms with van der Waals surface area (Å²) in [5.74, 6) is -0.450. The Hall–Kier alpha value is -3.15. The molecule has 0 saturated carbocycles. The van der Waals surface area contributed by atoms with Crippen molar-refractivity contribution in [3.8, 4) is 5.75 Å². The summed E-state index contributed by atoms with van der Waals surface area (Å²) < 4.78 is 47.8. The molecule has 10 nitrogen and oxygen atoms in total. The first-order valence-corrected chi connectivity index (χ1v) is 11.2.